The fourth-order valence-electron chi connectivity index (χ4n) is 1.87. The number of benzene rings is 1. The molecule has 0 aliphatic carbocycles. The average molecular weight is 257 g/mol. The van der Waals surface area contributed by atoms with E-state index < -0.39 is 0 Å². The van der Waals surface area contributed by atoms with Crippen LogP contribution in [0.2, 0.25) is 0 Å². The number of Topliss-reactive ketones (excluding diaryl/α,β-unsaturated/α-hetero) is 1. The van der Waals surface area contributed by atoms with Crippen molar-refractivity contribution in [3.63, 3.8) is 0 Å². The first-order valence-corrected chi connectivity index (χ1v) is 5.93. The monoisotopic (exact) mass is 257 g/mol. The van der Waals surface area contributed by atoms with E-state index >= 15 is 0 Å². The van der Waals surface area contributed by atoms with Gasteiger partial charge in [-0.3, -0.25) is 14.7 Å². The molecule has 0 radical (unpaired) electrons. The second kappa shape index (κ2) is 5.06. The summed E-state index contributed by atoms with van der Waals surface area (Å²) in [5.74, 6) is -0.210. The third kappa shape index (κ3) is 2.70. The summed E-state index contributed by atoms with van der Waals surface area (Å²) < 4.78 is 0. The lowest BCUT2D eigenvalue weighted by Crippen LogP contribution is -2.13. The molecule has 0 bridgehead atoms. The number of aryl methyl sites for hydroxylation is 2. The number of aromatic nitrogens is 2. The van der Waals surface area contributed by atoms with Gasteiger partial charge in [-0.15, -0.1) is 0 Å². The molecule has 0 atom stereocenters. The molecular formula is C14H15N3O2. The molecule has 0 unspecified atom stereocenters. The summed E-state index contributed by atoms with van der Waals surface area (Å²) in [6, 6.07) is 6.79. The smallest absolute Gasteiger partial charge is 0.259 e. The Bertz CT molecular complexity index is 607. The minimum absolute atomic E-state index is 0.000556. The molecule has 0 fully saturated rings. The Hall–Kier alpha value is -2.43. The molecule has 5 heteroatoms. The molecule has 98 valence electrons. The molecule has 0 aliphatic rings. The van der Waals surface area contributed by atoms with Crippen LogP contribution in [0.3, 0.4) is 0 Å². The van der Waals surface area contributed by atoms with Gasteiger partial charge in [-0.05, 0) is 45.0 Å². The largest absolute Gasteiger partial charge is 0.322 e. The molecule has 2 N–H and O–H groups in total. The molecule has 0 saturated heterocycles. The highest BCUT2D eigenvalue weighted by Gasteiger charge is 2.15. The Kier molecular flexibility index (Phi) is 3.46. The van der Waals surface area contributed by atoms with Gasteiger partial charge in [-0.2, -0.15) is 5.10 Å². The minimum Gasteiger partial charge on any atom is -0.322 e. The Morgan fingerprint density at radius 1 is 1.16 bits per heavy atom. The number of carbonyl (C=O) groups excluding carboxylic acids is 2. The third-order valence-corrected chi connectivity index (χ3v) is 2.90. The van der Waals surface area contributed by atoms with Crippen LogP contribution in [-0.4, -0.2) is 21.9 Å². The first-order valence-electron chi connectivity index (χ1n) is 5.93. The molecular weight excluding hydrogens is 242 g/mol. The summed E-state index contributed by atoms with van der Waals surface area (Å²) in [4.78, 5) is 23.3. The molecule has 1 amide bonds. The van der Waals surface area contributed by atoms with E-state index in [1.165, 1.54) is 6.92 Å². The molecule has 2 aromatic rings. The number of nitrogens with one attached hydrogen (secondary N) is 2. The normalized spacial score (nSPS) is 10.3. The first kappa shape index (κ1) is 13.0. The molecule has 2 rings (SSSR count). The van der Waals surface area contributed by atoms with E-state index in [1.54, 1.807) is 38.1 Å². The molecule has 1 heterocycles. The van der Waals surface area contributed by atoms with Gasteiger partial charge in [0.25, 0.3) is 5.91 Å². The van der Waals surface area contributed by atoms with E-state index in [9.17, 15) is 9.59 Å². The summed E-state index contributed by atoms with van der Waals surface area (Å²) in [6.45, 7) is 5.08. The molecule has 19 heavy (non-hydrogen) atoms. The van der Waals surface area contributed by atoms with Crippen LogP contribution in [0.4, 0.5) is 5.69 Å². The number of carbonyl (C=O) groups is 2. The van der Waals surface area contributed by atoms with Crippen molar-refractivity contribution in [1.29, 1.82) is 0 Å². The topological polar surface area (TPSA) is 74.8 Å². The maximum absolute atomic E-state index is 12.1. The summed E-state index contributed by atoms with van der Waals surface area (Å²) in [5.41, 5.74) is 3.21. The van der Waals surface area contributed by atoms with Gasteiger partial charge in [0, 0.05) is 16.9 Å². The van der Waals surface area contributed by atoms with E-state index in [-0.39, 0.29) is 11.7 Å². The molecule has 1 aromatic heterocycles. The van der Waals surface area contributed by atoms with E-state index in [0.717, 1.165) is 5.69 Å². The van der Waals surface area contributed by atoms with Crippen LogP contribution >= 0.6 is 0 Å². The minimum atomic E-state index is -0.209. The van der Waals surface area contributed by atoms with Crippen molar-refractivity contribution >= 4 is 17.4 Å². The van der Waals surface area contributed by atoms with Crippen molar-refractivity contribution < 1.29 is 9.59 Å². The summed E-state index contributed by atoms with van der Waals surface area (Å²) in [5, 5.41) is 9.54. The summed E-state index contributed by atoms with van der Waals surface area (Å²) in [6.07, 6.45) is 0. The lowest BCUT2D eigenvalue weighted by Gasteiger charge is -2.05. The van der Waals surface area contributed by atoms with Gasteiger partial charge in [-0.1, -0.05) is 0 Å². The number of hydrogen-bond donors (Lipinski definition) is 2. The van der Waals surface area contributed by atoms with Crippen LogP contribution in [-0.2, 0) is 0 Å². The predicted octanol–water partition coefficient (Wildman–Crippen LogP) is 2.48. The number of hydrogen-bond acceptors (Lipinski definition) is 3. The van der Waals surface area contributed by atoms with Crippen molar-refractivity contribution in [2.24, 2.45) is 0 Å². The van der Waals surface area contributed by atoms with Crippen molar-refractivity contribution in [2.45, 2.75) is 20.8 Å². The van der Waals surface area contributed by atoms with E-state index in [0.29, 0.717) is 22.5 Å². The van der Waals surface area contributed by atoms with Crippen LogP contribution in [0.5, 0.6) is 0 Å². The fourth-order valence-corrected chi connectivity index (χ4v) is 1.87. The van der Waals surface area contributed by atoms with Crippen molar-refractivity contribution in [3.05, 3.63) is 46.8 Å². The van der Waals surface area contributed by atoms with Crippen molar-refractivity contribution in [2.75, 3.05) is 5.32 Å². The third-order valence-electron chi connectivity index (χ3n) is 2.90. The number of aromatic amines is 1. The van der Waals surface area contributed by atoms with Gasteiger partial charge in [0.1, 0.15) is 0 Å². The van der Waals surface area contributed by atoms with Crippen molar-refractivity contribution in [3.8, 4) is 0 Å². The maximum atomic E-state index is 12.1. The lowest BCUT2D eigenvalue weighted by molar-refractivity contribution is 0.101. The van der Waals surface area contributed by atoms with Gasteiger partial charge < -0.3 is 5.32 Å². The number of H-pyrrole nitrogens is 1. The highest BCUT2D eigenvalue weighted by molar-refractivity contribution is 6.06. The van der Waals surface area contributed by atoms with E-state index in [2.05, 4.69) is 15.5 Å². The van der Waals surface area contributed by atoms with Crippen LogP contribution < -0.4 is 5.32 Å². The van der Waals surface area contributed by atoms with Gasteiger partial charge in [0.15, 0.2) is 5.78 Å². The molecule has 0 saturated carbocycles. The number of amides is 1. The molecule has 0 spiro atoms. The highest BCUT2D eigenvalue weighted by atomic mass is 16.1. The Morgan fingerprint density at radius 3 is 2.26 bits per heavy atom. The molecule has 0 aliphatic heterocycles. The Balaban J connectivity index is 2.17. The first-order chi connectivity index (χ1) is 8.99. The molecule has 1 aromatic carbocycles. The summed E-state index contributed by atoms with van der Waals surface area (Å²) >= 11 is 0. The zero-order valence-corrected chi connectivity index (χ0v) is 11.1. The number of ketones is 1. The van der Waals surface area contributed by atoms with Crippen LogP contribution in [0, 0.1) is 13.8 Å². The SMILES string of the molecule is CC(=O)c1ccc(NC(=O)c2c(C)n[nH]c2C)cc1. The highest BCUT2D eigenvalue weighted by Crippen LogP contribution is 2.14. The second-order valence-corrected chi connectivity index (χ2v) is 4.40. The quantitative estimate of drug-likeness (QED) is 0.829. The van der Waals surface area contributed by atoms with Gasteiger partial charge in [0.2, 0.25) is 0 Å². The fraction of sp³-hybridized carbons (Fsp3) is 0.214. The van der Waals surface area contributed by atoms with Crippen molar-refractivity contribution in [1.82, 2.24) is 10.2 Å². The maximum Gasteiger partial charge on any atom is 0.259 e. The van der Waals surface area contributed by atoms with E-state index in [1.807, 2.05) is 0 Å². The number of rotatable bonds is 3. The molecule has 5 nitrogen and oxygen atoms in total. The summed E-state index contributed by atoms with van der Waals surface area (Å²) in [7, 11) is 0. The van der Waals surface area contributed by atoms with Crippen LogP contribution in [0.15, 0.2) is 24.3 Å². The standard InChI is InChI=1S/C14H15N3O2/c1-8-13(9(2)17-16-8)14(19)15-12-6-4-11(5-7-12)10(3)18/h4-7H,1-3H3,(H,15,19)(H,16,17). The number of nitrogens with zero attached hydrogens (tertiary/aromatic N) is 1. The zero-order valence-electron chi connectivity index (χ0n) is 11.1. The Morgan fingerprint density at radius 2 is 1.79 bits per heavy atom. The zero-order chi connectivity index (χ0) is 14.0. The van der Waals surface area contributed by atoms with Gasteiger partial charge in [0.05, 0.1) is 11.3 Å². The number of anilines is 1. The second-order valence-electron chi connectivity index (χ2n) is 4.40. The van der Waals surface area contributed by atoms with E-state index in [4.69, 9.17) is 0 Å². The van der Waals surface area contributed by atoms with Crippen LogP contribution in [0.1, 0.15) is 39.0 Å². The Labute approximate surface area is 111 Å². The predicted molar refractivity (Wildman–Crippen MR) is 72.5 cm³/mol. The van der Waals surface area contributed by atoms with Crippen LogP contribution in [0.25, 0.3) is 0 Å². The lowest BCUT2D eigenvalue weighted by atomic mass is 10.1. The van der Waals surface area contributed by atoms with Gasteiger partial charge in [-0.25, -0.2) is 0 Å². The van der Waals surface area contributed by atoms with Gasteiger partial charge >= 0.3 is 0 Å². The average Bonchev–Trinajstić information content (AvgIpc) is 2.69.